The molecule has 2 N–H and O–H groups in total. The van der Waals surface area contributed by atoms with Gasteiger partial charge in [-0.3, -0.25) is 0 Å². The third-order valence-corrected chi connectivity index (χ3v) is 4.10. The first-order valence-corrected chi connectivity index (χ1v) is 7.07. The van der Waals surface area contributed by atoms with E-state index in [0.29, 0.717) is 0 Å². The summed E-state index contributed by atoms with van der Waals surface area (Å²) in [7, 11) is -3.32. The van der Waals surface area contributed by atoms with Gasteiger partial charge in [0.25, 0.3) is 0 Å². The fraction of sp³-hybridized carbons (Fsp3) is 0.333. The number of primary sulfonamides is 1. The molecule has 14 heavy (non-hydrogen) atoms. The average molecular weight is 231 g/mol. The zero-order valence-electron chi connectivity index (χ0n) is 7.72. The van der Waals surface area contributed by atoms with Gasteiger partial charge in [-0.1, -0.05) is 30.3 Å². The molecule has 1 aromatic rings. The van der Waals surface area contributed by atoms with Crippen molar-refractivity contribution < 1.29 is 8.42 Å². The standard InChI is InChI=1S/C9H13NO2S2/c10-14(11,12)8-13-7-6-9-4-2-1-3-5-9/h1-5H,6-8H2,(H2,10,11,12). The van der Waals surface area contributed by atoms with E-state index >= 15 is 0 Å². The first-order chi connectivity index (χ1) is 6.58. The molecule has 0 aliphatic carbocycles. The highest BCUT2D eigenvalue weighted by Gasteiger charge is 2.01. The number of hydrogen-bond acceptors (Lipinski definition) is 3. The van der Waals surface area contributed by atoms with E-state index in [9.17, 15) is 8.42 Å². The van der Waals surface area contributed by atoms with Crippen molar-refractivity contribution in [1.29, 1.82) is 0 Å². The molecule has 78 valence electrons. The van der Waals surface area contributed by atoms with Crippen LogP contribution in [0.3, 0.4) is 0 Å². The van der Waals surface area contributed by atoms with Gasteiger partial charge in [0.1, 0.15) is 5.08 Å². The summed E-state index contributed by atoms with van der Waals surface area (Å²) in [5, 5.41) is 4.87. The summed E-state index contributed by atoms with van der Waals surface area (Å²) in [5.41, 5.74) is 1.22. The van der Waals surface area contributed by atoms with E-state index in [1.54, 1.807) is 0 Å². The van der Waals surface area contributed by atoms with Gasteiger partial charge in [-0.25, -0.2) is 13.6 Å². The molecule has 5 heteroatoms. The largest absolute Gasteiger partial charge is 0.228 e. The Morgan fingerprint density at radius 3 is 2.43 bits per heavy atom. The number of sulfonamides is 1. The summed E-state index contributed by atoms with van der Waals surface area (Å²) < 4.78 is 21.2. The highest BCUT2D eigenvalue weighted by Crippen LogP contribution is 2.07. The summed E-state index contributed by atoms with van der Waals surface area (Å²) in [5.74, 6) is 0.778. The SMILES string of the molecule is NS(=O)(=O)CSCCc1ccccc1. The molecule has 1 aromatic carbocycles. The second-order valence-corrected chi connectivity index (χ2v) is 6.01. The Hall–Kier alpha value is -0.520. The second-order valence-electron chi connectivity index (χ2n) is 2.92. The molecule has 1 rings (SSSR count). The molecule has 0 spiro atoms. The van der Waals surface area contributed by atoms with Crippen molar-refractivity contribution in [3.63, 3.8) is 0 Å². The highest BCUT2D eigenvalue weighted by atomic mass is 32.3. The van der Waals surface area contributed by atoms with Crippen LogP contribution in [-0.4, -0.2) is 19.3 Å². The molecule has 0 aliphatic heterocycles. The Bertz CT molecular complexity index is 362. The van der Waals surface area contributed by atoms with Crippen LogP contribution in [0.4, 0.5) is 0 Å². The number of nitrogens with two attached hydrogens (primary N) is 1. The molecule has 0 unspecified atom stereocenters. The van der Waals surface area contributed by atoms with Crippen LogP contribution in [-0.2, 0) is 16.4 Å². The van der Waals surface area contributed by atoms with Gasteiger partial charge in [0.2, 0.25) is 10.0 Å². The van der Waals surface area contributed by atoms with Crippen LogP contribution in [0.15, 0.2) is 30.3 Å². The van der Waals surface area contributed by atoms with Crippen LogP contribution in [0.5, 0.6) is 0 Å². The summed E-state index contributed by atoms with van der Waals surface area (Å²) in [6, 6.07) is 9.95. The first-order valence-electron chi connectivity index (χ1n) is 4.20. The minimum Gasteiger partial charge on any atom is -0.228 e. The zero-order valence-corrected chi connectivity index (χ0v) is 9.35. The first kappa shape index (κ1) is 11.6. The fourth-order valence-electron chi connectivity index (χ4n) is 1.01. The Morgan fingerprint density at radius 2 is 1.86 bits per heavy atom. The van der Waals surface area contributed by atoms with Crippen molar-refractivity contribution in [2.75, 3.05) is 10.8 Å². The van der Waals surface area contributed by atoms with Gasteiger partial charge in [0.15, 0.2) is 0 Å². The third-order valence-electron chi connectivity index (χ3n) is 1.63. The molecule has 3 nitrogen and oxygen atoms in total. The van der Waals surface area contributed by atoms with Crippen LogP contribution >= 0.6 is 11.8 Å². The Balaban J connectivity index is 2.23. The van der Waals surface area contributed by atoms with Crippen LogP contribution in [0.25, 0.3) is 0 Å². The predicted octanol–water partition coefficient (Wildman–Crippen LogP) is 1.21. The van der Waals surface area contributed by atoms with E-state index in [2.05, 4.69) is 0 Å². The van der Waals surface area contributed by atoms with Crippen molar-refractivity contribution in [1.82, 2.24) is 0 Å². The van der Waals surface area contributed by atoms with Gasteiger partial charge >= 0.3 is 0 Å². The summed E-state index contributed by atoms with van der Waals surface area (Å²) in [6.45, 7) is 0. The monoisotopic (exact) mass is 231 g/mol. The minimum atomic E-state index is -3.32. The third kappa shape index (κ3) is 5.26. The van der Waals surface area contributed by atoms with Gasteiger partial charge in [-0.05, 0) is 17.7 Å². The fourth-order valence-corrected chi connectivity index (χ4v) is 2.79. The molecule has 0 saturated carbocycles. The van der Waals surface area contributed by atoms with Gasteiger partial charge in [-0.2, -0.15) is 0 Å². The summed E-state index contributed by atoms with van der Waals surface area (Å²) >= 11 is 1.34. The maximum Gasteiger partial charge on any atom is 0.218 e. The molecule has 0 heterocycles. The van der Waals surface area contributed by atoms with E-state index in [-0.39, 0.29) is 5.08 Å². The van der Waals surface area contributed by atoms with Crippen LogP contribution in [0, 0.1) is 0 Å². The van der Waals surface area contributed by atoms with Gasteiger partial charge < -0.3 is 0 Å². The summed E-state index contributed by atoms with van der Waals surface area (Å²) in [6.07, 6.45) is 0.876. The van der Waals surface area contributed by atoms with Gasteiger partial charge in [0.05, 0.1) is 0 Å². The topological polar surface area (TPSA) is 60.2 Å². The van der Waals surface area contributed by atoms with E-state index in [0.717, 1.165) is 12.2 Å². The van der Waals surface area contributed by atoms with Crippen molar-refractivity contribution in [2.45, 2.75) is 6.42 Å². The molecule has 0 amide bonds. The van der Waals surface area contributed by atoms with Crippen molar-refractivity contribution in [3.8, 4) is 0 Å². The molecule has 0 atom stereocenters. The quantitative estimate of drug-likeness (QED) is 0.775. The van der Waals surface area contributed by atoms with E-state index < -0.39 is 10.0 Å². The Labute approximate surface area is 88.8 Å². The zero-order chi connectivity index (χ0) is 10.4. The lowest BCUT2D eigenvalue weighted by Gasteiger charge is -2.00. The van der Waals surface area contributed by atoms with E-state index in [1.807, 2.05) is 30.3 Å². The molecule has 0 aromatic heterocycles. The van der Waals surface area contributed by atoms with Crippen LogP contribution in [0.2, 0.25) is 0 Å². The van der Waals surface area contributed by atoms with Crippen molar-refractivity contribution in [3.05, 3.63) is 35.9 Å². The predicted molar refractivity (Wildman–Crippen MR) is 60.6 cm³/mol. The number of rotatable bonds is 5. The lowest BCUT2D eigenvalue weighted by molar-refractivity contribution is 0.602. The minimum absolute atomic E-state index is 0.000165. The normalized spacial score (nSPS) is 11.5. The summed E-state index contributed by atoms with van der Waals surface area (Å²) in [4.78, 5) is 0. The lowest BCUT2D eigenvalue weighted by atomic mass is 10.2. The van der Waals surface area contributed by atoms with Gasteiger partial charge in [-0.15, -0.1) is 11.8 Å². The molecule has 0 saturated heterocycles. The average Bonchev–Trinajstić information content (AvgIpc) is 2.13. The molecular formula is C9H13NO2S2. The number of aryl methyl sites for hydroxylation is 1. The second kappa shape index (κ2) is 5.38. The molecule has 0 fully saturated rings. The number of hydrogen-bond donors (Lipinski definition) is 1. The molecular weight excluding hydrogens is 218 g/mol. The molecule has 0 radical (unpaired) electrons. The van der Waals surface area contributed by atoms with Crippen LogP contribution in [0.1, 0.15) is 5.56 Å². The molecule has 0 aliphatic rings. The van der Waals surface area contributed by atoms with Crippen molar-refractivity contribution in [2.24, 2.45) is 5.14 Å². The smallest absolute Gasteiger partial charge is 0.218 e. The van der Waals surface area contributed by atoms with Crippen molar-refractivity contribution >= 4 is 21.8 Å². The molecule has 0 bridgehead atoms. The highest BCUT2D eigenvalue weighted by molar-refractivity contribution is 8.11. The number of benzene rings is 1. The Kier molecular flexibility index (Phi) is 4.44. The van der Waals surface area contributed by atoms with E-state index in [4.69, 9.17) is 5.14 Å². The van der Waals surface area contributed by atoms with E-state index in [1.165, 1.54) is 17.3 Å². The maximum atomic E-state index is 10.6. The Morgan fingerprint density at radius 1 is 1.21 bits per heavy atom. The van der Waals surface area contributed by atoms with Crippen LogP contribution < -0.4 is 5.14 Å². The lowest BCUT2D eigenvalue weighted by Crippen LogP contribution is -2.14. The maximum absolute atomic E-state index is 10.6. The van der Waals surface area contributed by atoms with Gasteiger partial charge in [0, 0.05) is 0 Å². The number of thioether (sulfide) groups is 1.